The molecule has 2 atom stereocenters. The molecule has 1 aliphatic rings. The van der Waals surface area contributed by atoms with Gasteiger partial charge in [-0.25, -0.2) is 4.39 Å². The van der Waals surface area contributed by atoms with E-state index in [1.807, 2.05) is 21.2 Å². The Morgan fingerprint density at radius 3 is 2.94 bits per heavy atom. The molecule has 0 aliphatic carbocycles. The van der Waals surface area contributed by atoms with Gasteiger partial charge in [0.2, 0.25) is 5.91 Å². The van der Waals surface area contributed by atoms with Gasteiger partial charge < -0.3 is 24.2 Å². The molecule has 1 aromatic heterocycles. The normalized spacial score (nSPS) is 16.6. The minimum absolute atomic E-state index is 0.0262. The summed E-state index contributed by atoms with van der Waals surface area (Å²) in [5, 5.41) is 12.2. The van der Waals surface area contributed by atoms with Crippen molar-refractivity contribution in [3.63, 3.8) is 0 Å². The van der Waals surface area contributed by atoms with Crippen LogP contribution in [0.1, 0.15) is 22.9 Å². The third-order valence-electron chi connectivity index (χ3n) is 5.63. The zero-order valence-corrected chi connectivity index (χ0v) is 20.1. The molecule has 2 heterocycles. The number of benzene rings is 1. The number of hydrogen-bond donors (Lipinski definition) is 1. The second-order valence-electron chi connectivity index (χ2n) is 8.11. The fraction of sp³-hybridized carbons (Fsp3) is 0.542. The molecule has 9 heteroatoms. The minimum Gasteiger partial charge on any atom is -0.491 e. The minimum atomic E-state index is -0.678. The van der Waals surface area contributed by atoms with Crippen LogP contribution in [-0.4, -0.2) is 87.1 Å². The summed E-state index contributed by atoms with van der Waals surface area (Å²) in [5.41, 5.74) is 1.08. The van der Waals surface area contributed by atoms with Gasteiger partial charge in [-0.05, 0) is 42.0 Å². The van der Waals surface area contributed by atoms with Crippen molar-refractivity contribution in [2.24, 2.45) is 0 Å². The van der Waals surface area contributed by atoms with Gasteiger partial charge in [-0.3, -0.25) is 9.69 Å². The highest BCUT2D eigenvalue weighted by molar-refractivity contribution is 7.10. The van der Waals surface area contributed by atoms with Crippen molar-refractivity contribution in [1.82, 2.24) is 9.80 Å². The van der Waals surface area contributed by atoms with Crippen LogP contribution in [0.5, 0.6) is 5.75 Å². The van der Waals surface area contributed by atoms with Crippen molar-refractivity contribution in [1.29, 1.82) is 0 Å². The van der Waals surface area contributed by atoms with E-state index in [9.17, 15) is 14.3 Å². The number of carbonyl (C=O) groups is 1. The first-order valence-corrected chi connectivity index (χ1v) is 12.0. The van der Waals surface area contributed by atoms with Crippen molar-refractivity contribution in [3.8, 4) is 5.75 Å². The van der Waals surface area contributed by atoms with E-state index >= 15 is 0 Å². The van der Waals surface area contributed by atoms with Gasteiger partial charge in [-0.1, -0.05) is 6.07 Å². The summed E-state index contributed by atoms with van der Waals surface area (Å²) in [6, 6.07) is 7.82. The molecule has 1 aromatic carbocycles. The van der Waals surface area contributed by atoms with Crippen molar-refractivity contribution in [2.75, 3.05) is 60.2 Å². The Kier molecular flexibility index (Phi) is 10.1. The summed E-state index contributed by atoms with van der Waals surface area (Å²) < 4.78 is 29.7. The van der Waals surface area contributed by atoms with Crippen LogP contribution in [0.15, 0.2) is 35.7 Å². The maximum absolute atomic E-state index is 13.6. The van der Waals surface area contributed by atoms with Crippen LogP contribution in [-0.2, 0) is 20.7 Å². The average molecular weight is 481 g/mol. The number of fused-ring (bicyclic) bond motifs is 1. The zero-order valence-electron chi connectivity index (χ0n) is 19.2. The van der Waals surface area contributed by atoms with E-state index in [4.69, 9.17) is 14.2 Å². The number of aliphatic hydroxyl groups is 1. The summed E-state index contributed by atoms with van der Waals surface area (Å²) in [7, 11) is 3.18. The lowest BCUT2D eigenvalue weighted by Crippen LogP contribution is -2.48. The van der Waals surface area contributed by atoms with Crippen LogP contribution in [0.2, 0.25) is 0 Å². The van der Waals surface area contributed by atoms with Gasteiger partial charge >= 0.3 is 0 Å². The summed E-state index contributed by atoms with van der Waals surface area (Å²) in [6.07, 6.45) is 0.873. The standard InChI is InChI=1S/C24H33FN2O5S/c1-30-11-4-9-26(14-19(28)16-31-2)15-24(29)27-10-7-23-21(8-12-33-23)22(27)17-32-20-6-3-5-18(25)13-20/h3,5-6,8,12-13,19,22,28H,4,7,9-11,14-17H2,1-2H3/t19-,22-/m0/s1. The number of rotatable bonds is 13. The number of hydrogen-bond acceptors (Lipinski definition) is 7. The van der Waals surface area contributed by atoms with Crippen LogP contribution in [0.4, 0.5) is 4.39 Å². The number of nitrogens with zero attached hydrogens (tertiary/aromatic N) is 2. The van der Waals surface area contributed by atoms with Crippen molar-refractivity contribution >= 4 is 17.2 Å². The van der Waals surface area contributed by atoms with Gasteiger partial charge in [0.25, 0.3) is 0 Å². The highest BCUT2D eigenvalue weighted by Gasteiger charge is 2.33. The highest BCUT2D eigenvalue weighted by Crippen LogP contribution is 2.34. The highest BCUT2D eigenvalue weighted by atomic mass is 32.1. The fourth-order valence-corrected chi connectivity index (χ4v) is 5.03. The SMILES string of the molecule is COCCCN(CC(=O)N1CCc2sccc2[C@@H]1COc1cccc(F)c1)C[C@H](O)COC. The number of methoxy groups -OCH3 is 2. The number of ether oxygens (including phenoxy) is 3. The third-order valence-corrected chi connectivity index (χ3v) is 6.63. The van der Waals surface area contributed by atoms with Crippen molar-refractivity contribution in [2.45, 2.75) is 25.0 Å². The number of amides is 1. The van der Waals surface area contributed by atoms with Crippen LogP contribution < -0.4 is 4.74 Å². The predicted octanol–water partition coefficient (Wildman–Crippen LogP) is 2.74. The van der Waals surface area contributed by atoms with Gasteiger partial charge in [-0.2, -0.15) is 0 Å². The molecule has 3 rings (SSSR count). The third kappa shape index (κ3) is 7.48. The van der Waals surface area contributed by atoms with Crippen LogP contribution in [0, 0.1) is 5.82 Å². The van der Waals surface area contributed by atoms with Gasteiger partial charge in [0.1, 0.15) is 18.2 Å². The van der Waals surface area contributed by atoms with Gasteiger partial charge in [-0.15, -0.1) is 11.3 Å². The maximum Gasteiger partial charge on any atom is 0.237 e. The Hall–Kier alpha value is -2.04. The molecule has 33 heavy (non-hydrogen) atoms. The number of aliphatic hydroxyl groups excluding tert-OH is 1. The van der Waals surface area contributed by atoms with Crippen molar-refractivity contribution in [3.05, 3.63) is 52.0 Å². The Morgan fingerprint density at radius 2 is 2.18 bits per heavy atom. The van der Waals surface area contributed by atoms with E-state index in [0.29, 0.717) is 32.0 Å². The average Bonchev–Trinajstić information content (AvgIpc) is 3.27. The molecule has 1 amide bonds. The summed E-state index contributed by atoms with van der Waals surface area (Å²) in [4.78, 5) is 18.5. The lowest BCUT2D eigenvalue weighted by molar-refractivity contribution is -0.136. The van der Waals surface area contributed by atoms with E-state index in [2.05, 4.69) is 0 Å². The topological polar surface area (TPSA) is 71.5 Å². The molecule has 1 N–H and O–H groups in total. The lowest BCUT2D eigenvalue weighted by Gasteiger charge is -2.37. The van der Waals surface area contributed by atoms with E-state index in [-0.39, 0.29) is 37.5 Å². The molecular weight excluding hydrogens is 447 g/mol. The largest absolute Gasteiger partial charge is 0.491 e. The van der Waals surface area contributed by atoms with Gasteiger partial charge in [0.05, 0.1) is 25.3 Å². The molecule has 0 unspecified atom stereocenters. The fourth-order valence-electron chi connectivity index (χ4n) is 4.10. The molecule has 0 spiro atoms. The van der Waals surface area contributed by atoms with E-state index in [0.717, 1.165) is 18.4 Å². The summed E-state index contributed by atoms with van der Waals surface area (Å²) in [5.74, 6) is 0.0528. The van der Waals surface area contributed by atoms with E-state index in [1.54, 1.807) is 37.7 Å². The predicted molar refractivity (Wildman–Crippen MR) is 125 cm³/mol. The molecule has 7 nitrogen and oxygen atoms in total. The Bertz CT molecular complexity index is 880. The van der Waals surface area contributed by atoms with E-state index < -0.39 is 6.10 Å². The number of halogens is 1. The molecule has 2 aromatic rings. The molecule has 1 aliphatic heterocycles. The van der Waals surface area contributed by atoms with Gasteiger partial charge in [0.15, 0.2) is 0 Å². The number of thiophene rings is 1. The molecule has 0 bridgehead atoms. The Morgan fingerprint density at radius 1 is 1.33 bits per heavy atom. The Balaban J connectivity index is 1.70. The molecule has 0 fully saturated rings. The quantitative estimate of drug-likeness (QED) is 0.445. The first-order chi connectivity index (χ1) is 16.0. The second kappa shape index (κ2) is 13.0. The second-order valence-corrected chi connectivity index (χ2v) is 9.11. The first kappa shape index (κ1) is 25.6. The first-order valence-electron chi connectivity index (χ1n) is 11.1. The molecule has 0 radical (unpaired) electrons. The monoisotopic (exact) mass is 480 g/mol. The van der Waals surface area contributed by atoms with Crippen molar-refractivity contribution < 1.29 is 28.5 Å². The van der Waals surface area contributed by atoms with Gasteiger partial charge in [0, 0.05) is 51.4 Å². The molecule has 0 saturated heterocycles. The lowest BCUT2D eigenvalue weighted by atomic mass is 10.0. The molecule has 182 valence electrons. The molecular formula is C24H33FN2O5S. The molecule has 0 saturated carbocycles. The van der Waals surface area contributed by atoms with Crippen LogP contribution in [0.3, 0.4) is 0 Å². The summed E-state index contributed by atoms with van der Waals surface area (Å²) in [6.45, 7) is 2.78. The zero-order chi connectivity index (χ0) is 23.6. The maximum atomic E-state index is 13.6. The summed E-state index contributed by atoms with van der Waals surface area (Å²) >= 11 is 1.68. The van der Waals surface area contributed by atoms with Crippen LogP contribution >= 0.6 is 11.3 Å². The Labute approximate surface area is 198 Å². The smallest absolute Gasteiger partial charge is 0.237 e. The van der Waals surface area contributed by atoms with E-state index in [1.165, 1.54) is 17.0 Å². The number of carbonyl (C=O) groups excluding carboxylic acids is 1. The van der Waals surface area contributed by atoms with Crippen LogP contribution in [0.25, 0.3) is 0 Å².